The topological polar surface area (TPSA) is 49.3 Å². The van der Waals surface area contributed by atoms with Gasteiger partial charge in [0, 0.05) is 29.6 Å². The van der Waals surface area contributed by atoms with Crippen molar-refractivity contribution in [3.63, 3.8) is 0 Å². The molecule has 126 valence electrons. The van der Waals surface area contributed by atoms with Crippen molar-refractivity contribution < 1.29 is 0 Å². The van der Waals surface area contributed by atoms with E-state index in [4.69, 9.17) is 4.98 Å². The maximum absolute atomic E-state index is 4.69. The van der Waals surface area contributed by atoms with E-state index in [-0.39, 0.29) is 29.4 Å². The Morgan fingerprint density at radius 3 is 2.73 bits per heavy atom. The summed E-state index contributed by atoms with van der Waals surface area (Å²) in [6, 6.07) is 0. The molecule has 0 saturated carbocycles. The summed E-state index contributed by atoms with van der Waals surface area (Å²) in [4.78, 5) is 8.98. The number of nitrogens with one attached hydrogen (secondary N) is 2. The van der Waals surface area contributed by atoms with Crippen LogP contribution in [0.4, 0.5) is 0 Å². The fourth-order valence-corrected chi connectivity index (χ4v) is 4.29. The second-order valence-electron chi connectivity index (χ2n) is 6.32. The molecule has 2 rings (SSSR count). The van der Waals surface area contributed by atoms with Crippen molar-refractivity contribution in [2.75, 3.05) is 19.3 Å². The van der Waals surface area contributed by atoms with Crippen molar-refractivity contribution in [3.05, 3.63) is 16.1 Å². The number of hydrogen-bond donors (Lipinski definition) is 2. The highest BCUT2D eigenvalue weighted by molar-refractivity contribution is 14.0. The third kappa shape index (κ3) is 6.23. The van der Waals surface area contributed by atoms with Crippen molar-refractivity contribution >= 4 is 53.0 Å². The van der Waals surface area contributed by atoms with Crippen LogP contribution in [0.3, 0.4) is 0 Å². The number of rotatable bonds is 4. The summed E-state index contributed by atoms with van der Waals surface area (Å²) in [5.41, 5.74) is 1.28. The van der Waals surface area contributed by atoms with Crippen LogP contribution in [0.15, 0.2) is 10.4 Å². The summed E-state index contributed by atoms with van der Waals surface area (Å²) in [5.74, 6) is 2.17. The van der Waals surface area contributed by atoms with E-state index in [1.807, 2.05) is 7.05 Å². The maximum atomic E-state index is 4.69. The first-order valence-electron chi connectivity index (χ1n) is 7.50. The molecule has 1 aromatic heterocycles. The van der Waals surface area contributed by atoms with Gasteiger partial charge in [-0.25, -0.2) is 4.98 Å². The molecular weight excluding hydrogens is 427 g/mol. The van der Waals surface area contributed by atoms with Crippen LogP contribution < -0.4 is 10.6 Å². The van der Waals surface area contributed by atoms with Gasteiger partial charge in [0.1, 0.15) is 5.01 Å². The Bertz CT molecular complexity index is 476. The lowest BCUT2D eigenvalue weighted by molar-refractivity contribution is 0.570. The highest BCUT2D eigenvalue weighted by Gasteiger charge is 2.18. The molecule has 0 amide bonds. The second kappa shape index (κ2) is 9.32. The van der Waals surface area contributed by atoms with Gasteiger partial charge in [-0.1, -0.05) is 20.8 Å². The first-order valence-corrected chi connectivity index (χ1v) is 9.43. The van der Waals surface area contributed by atoms with Crippen LogP contribution in [-0.2, 0) is 12.0 Å². The predicted molar refractivity (Wildman–Crippen MR) is 110 cm³/mol. The van der Waals surface area contributed by atoms with E-state index in [1.165, 1.54) is 18.6 Å². The summed E-state index contributed by atoms with van der Waals surface area (Å²) < 4.78 is 0. The average Bonchev–Trinajstić information content (AvgIpc) is 3.09. The second-order valence-corrected chi connectivity index (χ2v) is 8.67. The summed E-state index contributed by atoms with van der Waals surface area (Å²) in [7, 11) is 1.82. The van der Waals surface area contributed by atoms with Crippen molar-refractivity contribution in [1.29, 1.82) is 0 Å². The molecule has 1 saturated heterocycles. The number of thioether (sulfide) groups is 1. The Kier molecular flexibility index (Phi) is 8.48. The van der Waals surface area contributed by atoms with Crippen LogP contribution in [0, 0.1) is 0 Å². The van der Waals surface area contributed by atoms with Crippen LogP contribution in [0.1, 0.15) is 44.3 Å². The fourth-order valence-electron chi connectivity index (χ4n) is 2.13. The summed E-state index contributed by atoms with van der Waals surface area (Å²) in [6.45, 7) is 8.31. The molecule has 0 radical (unpaired) electrons. The molecule has 1 aliphatic heterocycles. The van der Waals surface area contributed by atoms with Gasteiger partial charge in [-0.15, -0.1) is 35.3 Å². The van der Waals surface area contributed by atoms with E-state index < -0.39 is 0 Å². The first kappa shape index (κ1) is 20.0. The molecule has 2 N–H and O–H groups in total. The molecule has 2 heterocycles. The molecule has 1 fully saturated rings. The van der Waals surface area contributed by atoms with Crippen LogP contribution >= 0.6 is 47.1 Å². The fraction of sp³-hybridized carbons (Fsp3) is 0.733. The minimum Gasteiger partial charge on any atom is -0.355 e. The van der Waals surface area contributed by atoms with E-state index >= 15 is 0 Å². The lowest BCUT2D eigenvalue weighted by Gasteiger charge is -2.15. The van der Waals surface area contributed by atoms with Crippen molar-refractivity contribution in [1.82, 2.24) is 15.6 Å². The van der Waals surface area contributed by atoms with Gasteiger partial charge >= 0.3 is 0 Å². The molecule has 1 unspecified atom stereocenters. The van der Waals surface area contributed by atoms with Gasteiger partial charge in [0.05, 0.1) is 12.2 Å². The van der Waals surface area contributed by atoms with E-state index in [2.05, 4.69) is 53.5 Å². The van der Waals surface area contributed by atoms with Gasteiger partial charge in [0.2, 0.25) is 0 Å². The quantitative estimate of drug-likeness (QED) is 0.415. The van der Waals surface area contributed by atoms with E-state index in [1.54, 1.807) is 11.3 Å². The van der Waals surface area contributed by atoms with Gasteiger partial charge < -0.3 is 10.6 Å². The lowest BCUT2D eigenvalue weighted by atomic mass is 9.93. The Morgan fingerprint density at radius 2 is 2.18 bits per heavy atom. The standard InChI is InChI=1S/C15H26N4S2.HI/c1-15(2,3)12-10-21-13(19-12)9-18-14(16-4)17-8-11-6-5-7-20-11;/h10-11H,5-9H2,1-4H3,(H2,16,17,18);1H. The van der Waals surface area contributed by atoms with Crippen LogP contribution in [-0.4, -0.2) is 35.5 Å². The Morgan fingerprint density at radius 1 is 1.41 bits per heavy atom. The molecule has 0 bridgehead atoms. The summed E-state index contributed by atoms with van der Waals surface area (Å²) in [6.07, 6.45) is 2.66. The molecule has 7 heteroatoms. The molecule has 1 aliphatic rings. The molecule has 1 atom stereocenters. The van der Waals surface area contributed by atoms with Crippen LogP contribution in [0.2, 0.25) is 0 Å². The zero-order valence-electron chi connectivity index (χ0n) is 13.8. The molecule has 0 spiro atoms. The zero-order chi connectivity index (χ0) is 15.3. The minimum absolute atomic E-state index is 0. The van der Waals surface area contributed by atoms with Crippen molar-refractivity contribution in [2.24, 2.45) is 4.99 Å². The highest BCUT2D eigenvalue weighted by atomic mass is 127. The number of guanidine groups is 1. The van der Waals surface area contributed by atoms with Gasteiger partial charge in [-0.3, -0.25) is 4.99 Å². The van der Waals surface area contributed by atoms with Crippen molar-refractivity contribution in [3.8, 4) is 0 Å². The molecule has 0 aromatic carbocycles. The molecule has 0 aliphatic carbocycles. The number of nitrogens with zero attached hydrogens (tertiary/aromatic N) is 2. The maximum Gasteiger partial charge on any atom is 0.191 e. The van der Waals surface area contributed by atoms with Crippen LogP contribution in [0.5, 0.6) is 0 Å². The highest BCUT2D eigenvalue weighted by Crippen LogP contribution is 2.25. The van der Waals surface area contributed by atoms with Gasteiger partial charge in [0.15, 0.2) is 5.96 Å². The smallest absolute Gasteiger partial charge is 0.191 e. The number of aliphatic imine (C=N–C) groups is 1. The van der Waals surface area contributed by atoms with Gasteiger partial charge in [-0.2, -0.15) is 11.8 Å². The Labute approximate surface area is 159 Å². The number of thiazole rings is 1. The molecule has 1 aromatic rings. The van der Waals surface area contributed by atoms with E-state index in [9.17, 15) is 0 Å². The normalized spacial score (nSPS) is 18.9. The summed E-state index contributed by atoms with van der Waals surface area (Å²) >= 11 is 3.77. The van der Waals surface area contributed by atoms with E-state index in [0.29, 0.717) is 0 Å². The van der Waals surface area contributed by atoms with Gasteiger partial charge in [0.25, 0.3) is 0 Å². The predicted octanol–water partition coefficient (Wildman–Crippen LogP) is 3.62. The monoisotopic (exact) mass is 454 g/mol. The lowest BCUT2D eigenvalue weighted by Crippen LogP contribution is -2.39. The number of hydrogen-bond acceptors (Lipinski definition) is 4. The number of halogens is 1. The SMILES string of the molecule is CN=C(NCc1nc(C(C)(C)C)cs1)NCC1CCCS1.I. The summed E-state index contributed by atoms with van der Waals surface area (Å²) in [5, 5.41) is 10.8. The minimum atomic E-state index is 0. The first-order chi connectivity index (χ1) is 9.99. The van der Waals surface area contributed by atoms with Gasteiger partial charge in [-0.05, 0) is 18.6 Å². The zero-order valence-corrected chi connectivity index (χ0v) is 17.8. The third-order valence-electron chi connectivity index (χ3n) is 3.47. The van der Waals surface area contributed by atoms with Crippen LogP contribution in [0.25, 0.3) is 0 Å². The average molecular weight is 454 g/mol. The molecule has 4 nitrogen and oxygen atoms in total. The largest absolute Gasteiger partial charge is 0.355 e. The Balaban J connectivity index is 0.00000242. The Hall–Kier alpha value is -0.0200. The number of aromatic nitrogens is 1. The molecular formula is C15H27IN4S2. The van der Waals surface area contributed by atoms with Crippen molar-refractivity contribution in [2.45, 2.75) is 50.8 Å². The molecule has 22 heavy (non-hydrogen) atoms. The van der Waals surface area contributed by atoms with E-state index in [0.717, 1.165) is 35.0 Å². The third-order valence-corrected chi connectivity index (χ3v) is 5.72.